The predicted molar refractivity (Wildman–Crippen MR) is 109 cm³/mol. The minimum absolute atomic E-state index is 0.191. The quantitative estimate of drug-likeness (QED) is 0.794. The monoisotopic (exact) mass is 383 g/mol. The van der Waals surface area contributed by atoms with E-state index in [0.717, 1.165) is 22.4 Å². The number of carbonyl (C=O) groups excluding carboxylic acids is 1. The first kappa shape index (κ1) is 20.2. The van der Waals surface area contributed by atoms with Crippen molar-refractivity contribution < 1.29 is 19.4 Å². The second-order valence-corrected chi connectivity index (χ2v) is 8.38. The van der Waals surface area contributed by atoms with Gasteiger partial charge in [-0.1, -0.05) is 36.4 Å². The molecule has 0 spiro atoms. The molecule has 2 aromatic carbocycles. The van der Waals surface area contributed by atoms with Crippen LogP contribution in [0.25, 0.3) is 0 Å². The van der Waals surface area contributed by atoms with Gasteiger partial charge in [0.15, 0.2) is 0 Å². The van der Waals surface area contributed by atoms with Crippen LogP contribution in [0.5, 0.6) is 11.5 Å². The Labute approximate surface area is 166 Å². The van der Waals surface area contributed by atoms with Gasteiger partial charge in [0.25, 0.3) is 0 Å². The third-order valence-corrected chi connectivity index (χ3v) is 4.95. The number of amides is 1. The highest BCUT2D eigenvalue weighted by Crippen LogP contribution is 2.47. The number of nitrogens with zero attached hydrogens (tertiary/aromatic N) is 1. The largest absolute Gasteiger partial charge is 0.456 e. The number of aliphatic hydroxyl groups is 1. The Bertz CT molecular complexity index is 856. The van der Waals surface area contributed by atoms with Crippen molar-refractivity contribution in [2.24, 2.45) is 0 Å². The first-order valence-corrected chi connectivity index (χ1v) is 9.66. The molecule has 3 rings (SSSR count). The van der Waals surface area contributed by atoms with Gasteiger partial charge < -0.3 is 19.5 Å². The SMILES string of the molecule is Cc1cccc2c1Oc1ccccc1C(CCN(C)C(=O)OC(C)(C)C)C2O. The van der Waals surface area contributed by atoms with Crippen LogP contribution < -0.4 is 4.74 Å². The molecule has 0 fully saturated rings. The molecule has 150 valence electrons. The van der Waals surface area contributed by atoms with Crippen LogP contribution in [0, 0.1) is 6.92 Å². The molecule has 0 saturated heterocycles. The molecule has 0 radical (unpaired) electrons. The average Bonchev–Trinajstić information content (AvgIpc) is 2.74. The number of hydrogen-bond donors (Lipinski definition) is 1. The smallest absolute Gasteiger partial charge is 0.410 e. The first-order valence-electron chi connectivity index (χ1n) is 9.66. The predicted octanol–water partition coefficient (Wildman–Crippen LogP) is 5.17. The molecule has 2 atom stereocenters. The number of benzene rings is 2. The zero-order valence-corrected chi connectivity index (χ0v) is 17.2. The second-order valence-electron chi connectivity index (χ2n) is 8.38. The van der Waals surface area contributed by atoms with E-state index in [1.807, 2.05) is 70.2 Å². The topological polar surface area (TPSA) is 59.0 Å². The third-order valence-electron chi connectivity index (χ3n) is 4.95. The van der Waals surface area contributed by atoms with Crippen LogP contribution in [0.1, 0.15) is 55.9 Å². The fourth-order valence-electron chi connectivity index (χ4n) is 3.50. The Morgan fingerprint density at radius 1 is 1.14 bits per heavy atom. The molecule has 1 amide bonds. The maximum atomic E-state index is 12.3. The summed E-state index contributed by atoms with van der Waals surface area (Å²) in [5, 5.41) is 11.2. The normalized spacial score (nSPS) is 18.4. The van der Waals surface area contributed by atoms with E-state index in [1.54, 1.807) is 11.9 Å². The van der Waals surface area contributed by atoms with E-state index in [9.17, 15) is 9.90 Å². The molecule has 0 aliphatic carbocycles. The highest BCUT2D eigenvalue weighted by atomic mass is 16.6. The number of aliphatic hydroxyl groups excluding tert-OH is 1. The number of ether oxygens (including phenoxy) is 2. The Morgan fingerprint density at radius 2 is 1.82 bits per heavy atom. The molecule has 0 aromatic heterocycles. The van der Waals surface area contributed by atoms with Crippen molar-refractivity contribution in [3.63, 3.8) is 0 Å². The number of fused-ring (bicyclic) bond motifs is 2. The Morgan fingerprint density at radius 3 is 2.54 bits per heavy atom. The summed E-state index contributed by atoms with van der Waals surface area (Å²) in [5.41, 5.74) is 2.17. The molecule has 0 bridgehead atoms. The summed E-state index contributed by atoms with van der Waals surface area (Å²) >= 11 is 0. The van der Waals surface area contributed by atoms with Crippen LogP contribution in [-0.4, -0.2) is 35.3 Å². The lowest BCUT2D eigenvalue weighted by molar-refractivity contribution is 0.0282. The highest BCUT2D eigenvalue weighted by Gasteiger charge is 2.32. The van der Waals surface area contributed by atoms with E-state index < -0.39 is 11.7 Å². The molecule has 5 heteroatoms. The van der Waals surface area contributed by atoms with Crippen molar-refractivity contribution in [2.75, 3.05) is 13.6 Å². The lowest BCUT2D eigenvalue weighted by Gasteiger charge is -2.27. The Kier molecular flexibility index (Phi) is 5.66. The van der Waals surface area contributed by atoms with Crippen molar-refractivity contribution in [2.45, 2.75) is 51.7 Å². The van der Waals surface area contributed by atoms with E-state index in [1.165, 1.54) is 0 Å². The van der Waals surface area contributed by atoms with Gasteiger partial charge in [0.05, 0.1) is 6.10 Å². The van der Waals surface area contributed by atoms with Gasteiger partial charge >= 0.3 is 6.09 Å². The van der Waals surface area contributed by atoms with Gasteiger partial charge in [0.1, 0.15) is 17.1 Å². The summed E-state index contributed by atoms with van der Waals surface area (Å²) in [5.74, 6) is 1.27. The summed E-state index contributed by atoms with van der Waals surface area (Å²) in [4.78, 5) is 13.8. The minimum Gasteiger partial charge on any atom is -0.456 e. The maximum absolute atomic E-state index is 12.3. The highest BCUT2D eigenvalue weighted by molar-refractivity contribution is 5.67. The van der Waals surface area contributed by atoms with Gasteiger partial charge in [-0.25, -0.2) is 4.79 Å². The van der Waals surface area contributed by atoms with Crippen LogP contribution >= 0.6 is 0 Å². The molecule has 2 unspecified atom stereocenters. The fraction of sp³-hybridized carbons (Fsp3) is 0.435. The van der Waals surface area contributed by atoms with E-state index in [0.29, 0.717) is 18.7 Å². The molecule has 2 aromatic rings. The van der Waals surface area contributed by atoms with E-state index in [2.05, 4.69) is 0 Å². The summed E-state index contributed by atoms with van der Waals surface area (Å²) in [6.45, 7) is 7.98. The summed E-state index contributed by atoms with van der Waals surface area (Å²) in [6.07, 6.45) is -0.494. The molecule has 28 heavy (non-hydrogen) atoms. The molecule has 0 saturated carbocycles. The molecule has 1 aliphatic heterocycles. The van der Waals surface area contributed by atoms with E-state index in [-0.39, 0.29) is 12.0 Å². The maximum Gasteiger partial charge on any atom is 0.410 e. The Hall–Kier alpha value is -2.53. The van der Waals surface area contributed by atoms with Crippen molar-refractivity contribution >= 4 is 6.09 Å². The summed E-state index contributed by atoms with van der Waals surface area (Å²) in [6, 6.07) is 13.6. The lowest BCUT2D eigenvalue weighted by Crippen LogP contribution is -2.35. The van der Waals surface area contributed by atoms with Gasteiger partial charge in [-0.3, -0.25) is 0 Å². The van der Waals surface area contributed by atoms with Crippen LogP contribution in [-0.2, 0) is 4.74 Å². The number of hydrogen-bond acceptors (Lipinski definition) is 4. The third kappa shape index (κ3) is 4.30. The standard InChI is InChI=1S/C23H29NO4/c1-15-9-8-11-18-20(25)17(13-14-24(5)22(26)28-23(2,3)4)16-10-6-7-12-19(16)27-21(15)18/h6-12,17,20,25H,13-14H2,1-5H3. The second kappa shape index (κ2) is 7.84. The van der Waals surface area contributed by atoms with Crippen LogP contribution in [0.2, 0.25) is 0 Å². The fourth-order valence-corrected chi connectivity index (χ4v) is 3.50. The number of aryl methyl sites for hydroxylation is 1. The van der Waals surface area contributed by atoms with Crippen molar-refractivity contribution in [3.05, 3.63) is 59.2 Å². The average molecular weight is 383 g/mol. The lowest BCUT2D eigenvalue weighted by atomic mass is 9.86. The summed E-state index contributed by atoms with van der Waals surface area (Å²) in [7, 11) is 1.72. The number of rotatable bonds is 3. The van der Waals surface area contributed by atoms with Gasteiger partial charge in [0.2, 0.25) is 0 Å². The number of carbonyl (C=O) groups is 1. The zero-order chi connectivity index (χ0) is 20.5. The van der Waals surface area contributed by atoms with E-state index >= 15 is 0 Å². The minimum atomic E-state index is -0.717. The molecule has 5 nitrogen and oxygen atoms in total. The van der Waals surface area contributed by atoms with Crippen LogP contribution in [0.4, 0.5) is 4.79 Å². The van der Waals surface area contributed by atoms with Gasteiger partial charge in [-0.05, 0) is 45.7 Å². The molecule has 1 aliphatic rings. The summed E-state index contributed by atoms with van der Waals surface area (Å²) < 4.78 is 11.6. The van der Waals surface area contributed by atoms with Gasteiger partial charge in [-0.15, -0.1) is 0 Å². The molecule has 1 N–H and O–H groups in total. The van der Waals surface area contributed by atoms with Gasteiger partial charge in [-0.2, -0.15) is 0 Å². The molecular formula is C23H29NO4. The molecular weight excluding hydrogens is 354 g/mol. The zero-order valence-electron chi connectivity index (χ0n) is 17.2. The van der Waals surface area contributed by atoms with Crippen LogP contribution in [0.15, 0.2) is 42.5 Å². The Balaban J connectivity index is 1.86. The van der Waals surface area contributed by atoms with Crippen molar-refractivity contribution in [3.8, 4) is 11.5 Å². The van der Waals surface area contributed by atoms with Crippen molar-refractivity contribution in [1.29, 1.82) is 0 Å². The van der Waals surface area contributed by atoms with Crippen molar-refractivity contribution in [1.82, 2.24) is 4.90 Å². The van der Waals surface area contributed by atoms with E-state index in [4.69, 9.17) is 9.47 Å². The van der Waals surface area contributed by atoms with Gasteiger partial charge in [0, 0.05) is 30.6 Å². The van der Waals surface area contributed by atoms with Crippen LogP contribution in [0.3, 0.4) is 0 Å². The first-order chi connectivity index (χ1) is 13.2. The molecule has 1 heterocycles. The number of para-hydroxylation sites is 2.